The van der Waals surface area contributed by atoms with Crippen molar-refractivity contribution in [3.05, 3.63) is 49.1 Å². The monoisotopic (exact) mass is 158 g/mol. The van der Waals surface area contributed by atoms with Gasteiger partial charge in [0.2, 0.25) is 0 Å². The van der Waals surface area contributed by atoms with E-state index in [9.17, 15) is 0 Å². The predicted molar refractivity (Wildman–Crippen MR) is 45.8 cm³/mol. The van der Waals surface area contributed by atoms with Crippen molar-refractivity contribution in [3.63, 3.8) is 0 Å². The van der Waals surface area contributed by atoms with Crippen LogP contribution in [0.1, 0.15) is 5.69 Å². The van der Waals surface area contributed by atoms with Crippen molar-refractivity contribution in [2.24, 2.45) is 0 Å². The Hall–Kier alpha value is -1.64. The van der Waals surface area contributed by atoms with E-state index in [0.717, 1.165) is 5.69 Å². The molecule has 2 rings (SSSR count). The lowest BCUT2D eigenvalue weighted by molar-refractivity contribution is 0.802. The molecule has 0 unspecified atom stereocenters. The predicted octanol–water partition coefficient (Wildman–Crippen LogP) is 1.45. The smallest absolute Gasteiger partial charge is 0.0835 e. The van der Waals surface area contributed by atoms with Gasteiger partial charge in [0.05, 0.1) is 17.6 Å². The van der Waals surface area contributed by atoms with Crippen LogP contribution in [0.4, 0.5) is 0 Å². The lowest BCUT2D eigenvalue weighted by Crippen LogP contribution is -1.93. The molecule has 0 bridgehead atoms. The highest BCUT2D eigenvalue weighted by atomic mass is 15.4. The highest BCUT2D eigenvalue weighted by Crippen LogP contribution is 2.04. The van der Waals surface area contributed by atoms with Crippen molar-refractivity contribution in [1.82, 2.24) is 15.0 Å². The summed E-state index contributed by atoms with van der Waals surface area (Å²) in [5.74, 6) is 0. The number of nitrogens with zero attached hydrogens (tertiary/aromatic N) is 3. The zero-order valence-electron chi connectivity index (χ0n) is 6.51. The Morgan fingerprint density at radius 2 is 1.92 bits per heavy atom. The quantitative estimate of drug-likeness (QED) is 0.628. The Labute approximate surface area is 70.6 Å². The van der Waals surface area contributed by atoms with E-state index >= 15 is 0 Å². The lowest BCUT2D eigenvalue weighted by atomic mass is 10.3. The molecule has 12 heavy (non-hydrogen) atoms. The summed E-state index contributed by atoms with van der Waals surface area (Å²) in [4.78, 5) is 0. The van der Waals surface area contributed by atoms with Gasteiger partial charge in [-0.15, -0.1) is 5.10 Å². The molecule has 3 heteroatoms. The molecule has 1 aromatic carbocycles. The second-order valence-electron chi connectivity index (χ2n) is 2.49. The summed E-state index contributed by atoms with van der Waals surface area (Å²) in [6, 6.07) is 9.81. The first-order valence-electron chi connectivity index (χ1n) is 3.66. The van der Waals surface area contributed by atoms with Crippen molar-refractivity contribution in [3.8, 4) is 5.69 Å². The topological polar surface area (TPSA) is 30.7 Å². The number of benzene rings is 1. The SMILES string of the molecule is [CH2]c1cn(-c2ccccc2)nn1. The summed E-state index contributed by atoms with van der Waals surface area (Å²) >= 11 is 0. The Balaban J connectivity index is 2.45. The van der Waals surface area contributed by atoms with Gasteiger partial charge >= 0.3 is 0 Å². The molecule has 0 N–H and O–H groups in total. The highest BCUT2D eigenvalue weighted by molar-refractivity contribution is 5.30. The Morgan fingerprint density at radius 3 is 2.50 bits per heavy atom. The zero-order valence-corrected chi connectivity index (χ0v) is 6.51. The normalized spacial score (nSPS) is 10.1. The minimum atomic E-state index is 0.679. The van der Waals surface area contributed by atoms with E-state index in [-0.39, 0.29) is 0 Å². The van der Waals surface area contributed by atoms with Crippen LogP contribution >= 0.6 is 0 Å². The molecular formula is C9H8N3. The van der Waals surface area contributed by atoms with Gasteiger partial charge in [-0.25, -0.2) is 4.68 Å². The van der Waals surface area contributed by atoms with Crippen LogP contribution in [0.2, 0.25) is 0 Å². The van der Waals surface area contributed by atoms with Crippen LogP contribution < -0.4 is 0 Å². The maximum atomic E-state index is 3.89. The van der Waals surface area contributed by atoms with Crippen molar-refractivity contribution < 1.29 is 0 Å². The second-order valence-corrected chi connectivity index (χ2v) is 2.49. The molecule has 59 valence electrons. The van der Waals surface area contributed by atoms with Gasteiger partial charge in [0.25, 0.3) is 0 Å². The van der Waals surface area contributed by atoms with E-state index < -0.39 is 0 Å². The number of aromatic nitrogens is 3. The molecule has 1 aromatic heterocycles. The molecule has 0 aliphatic heterocycles. The summed E-state index contributed by atoms with van der Waals surface area (Å²) in [6.07, 6.45) is 1.79. The number of rotatable bonds is 1. The number of hydrogen-bond acceptors (Lipinski definition) is 2. The Bertz CT molecular complexity index is 364. The van der Waals surface area contributed by atoms with Gasteiger partial charge in [0.15, 0.2) is 0 Å². The average Bonchev–Trinajstić information content (AvgIpc) is 2.54. The fourth-order valence-corrected chi connectivity index (χ4v) is 1.01. The molecule has 0 saturated heterocycles. The van der Waals surface area contributed by atoms with Crippen LogP contribution in [-0.2, 0) is 0 Å². The molecule has 0 aliphatic rings. The average molecular weight is 158 g/mol. The second kappa shape index (κ2) is 2.77. The Kier molecular flexibility index (Phi) is 1.63. The van der Waals surface area contributed by atoms with Crippen molar-refractivity contribution in [1.29, 1.82) is 0 Å². The fraction of sp³-hybridized carbons (Fsp3) is 0. The third-order valence-corrected chi connectivity index (χ3v) is 1.56. The third-order valence-electron chi connectivity index (χ3n) is 1.56. The summed E-state index contributed by atoms with van der Waals surface area (Å²) < 4.78 is 1.70. The largest absolute Gasteiger partial charge is 0.220 e. The first-order chi connectivity index (χ1) is 5.86. The standard InChI is InChI=1S/C9H8N3/c1-8-7-12(11-10-8)9-5-3-2-4-6-9/h2-7H,1H2. The van der Waals surface area contributed by atoms with E-state index in [1.54, 1.807) is 10.9 Å². The summed E-state index contributed by atoms with van der Waals surface area (Å²) in [6.45, 7) is 3.67. The minimum Gasteiger partial charge on any atom is -0.220 e. The van der Waals surface area contributed by atoms with E-state index in [0.29, 0.717) is 5.69 Å². The minimum absolute atomic E-state index is 0.679. The van der Waals surface area contributed by atoms with Gasteiger partial charge in [0.1, 0.15) is 0 Å². The number of para-hydroxylation sites is 1. The van der Waals surface area contributed by atoms with Gasteiger partial charge in [-0.1, -0.05) is 23.4 Å². The Morgan fingerprint density at radius 1 is 1.17 bits per heavy atom. The van der Waals surface area contributed by atoms with Gasteiger partial charge in [-0.3, -0.25) is 0 Å². The van der Waals surface area contributed by atoms with Gasteiger partial charge in [0, 0.05) is 0 Å². The van der Waals surface area contributed by atoms with Crippen LogP contribution in [0.15, 0.2) is 36.5 Å². The highest BCUT2D eigenvalue weighted by Gasteiger charge is 1.96. The molecule has 3 nitrogen and oxygen atoms in total. The van der Waals surface area contributed by atoms with E-state index in [4.69, 9.17) is 0 Å². The summed E-state index contributed by atoms with van der Waals surface area (Å²) in [7, 11) is 0. The van der Waals surface area contributed by atoms with E-state index in [1.165, 1.54) is 0 Å². The van der Waals surface area contributed by atoms with Crippen LogP contribution in [0.3, 0.4) is 0 Å². The van der Waals surface area contributed by atoms with Gasteiger partial charge < -0.3 is 0 Å². The van der Waals surface area contributed by atoms with Crippen molar-refractivity contribution in [2.45, 2.75) is 0 Å². The van der Waals surface area contributed by atoms with Crippen molar-refractivity contribution in [2.75, 3.05) is 0 Å². The molecule has 0 saturated carbocycles. The molecule has 0 aliphatic carbocycles. The third kappa shape index (κ3) is 1.21. The first-order valence-corrected chi connectivity index (χ1v) is 3.66. The first kappa shape index (κ1) is 7.03. The summed E-state index contributed by atoms with van der Waals surface area (Å²) in [5.41, 5.74) is 1.68. The fourth-order valence-electron chi connectivity index (χ4n) is 1.01. The molecular weight excluding hydrogens is 150 g/mol. The van der Waals surface area contributed by atoms with Crippen LogP contribution in [-0.4, -0.2) is 15.0 Å². The van der Waals surface area contributed by atoms with Crippen LogP contribution in [0.5, 0.6) is 0 Å². The molecule has 1 heterocycles. The molecule has 2 aromatic rings. The summed E-state index contributed by atoms with van der Waals surface area (Å²) in [5, 5.41) is 7.69. The van der Waals surface area contributed by atoms with Crippen LogP contribution in [0, 0.1) is 6.92 Å². The molecule has 0 spiro atoms. The maximum absolute atomic E-state index is 3.89. The molecule has 0 fully saturated rings. The molecule has 0 amide bonds. The lowest BCUT2D eigenvalue weighted by Gasteiger charge is -1.96. The van der Waals surface area contributed by atoms with Crippen LogP contribution in [0.25, 0.3) is 5.69 Å². The number of hydrogen-bond donors (Lipinski definition) is 0. The van der Waals surface area contributed by atoms with Gasteiger partial charge in [-0.05, 0) is 19.1 Å². The van der Waals surface area contributed by atoms with E-state index in [2.05, 4.69) is 17.2 Å². The maximum Gasteiger partial charge on any atom is 0.0835 e. The zero-order chi connectivity index (χ0) is 8.39. The van der Waals surface area contributed by atoms with E-state index in [1.807, 2.05) is 30.3 Å². The van der Waals surface area contributed by atoms with Gasteiger partial charge in [-0.2, -0.15) is 0 Å². The van der Waals surface area contributed by atoms with Crippen molar-refractivity contribution >= 4 is 0 Å². The molecule has 1 radical (unpaired) electrons. The molecule has 0 atom stereocenters.